The highest BCUT2D eigenvalue weighted by molar-refractivity contribution is 7.08. The zero-order valence-electron chi connectivity index (χ0n) is 19.6. The van der Waals surface area contributed by atoms with Crippen molar-refractivity contribution < 1.29 is 14.3 Å². The Kier molecular flexibility index (Phi) is 7.54. The lowest BCUT2D eigenvalue weighted by molar-refractivity contribution is -0.138. The minimum Gasteiger partial charge on any atom is -0.481 e. The van der Waals surface area contributed by atoms with Crippen LogP contribution >= 0.6 is 22.9 Å². The smallest absolute Gasteiger partial charge is 0.263 e. The zero-order valence-corrected chi connectivity index (χ0v) is 21.1. The molecule has 178 valence electrons. The second kappa shape index (κ2) is 10.6. The highest BCUT2D eigenvalue weighted by Gasteiger charge is 2.28. The summed E-state index contributed by atoms with van der Waals surface area (Å²) >= 11 is 7.61. The second-order valence-electron chi connectivity index (χ2n) is 8.59. The van der Waals surface area contributed by atoms with Crippen LogP contribution in [0.25, 0.3) is 0 Å². The first-order chi connectivity index (χ1) is 16.3. The first-order valence-electron chi connectivity index (χ1n) is 11.3. The van der Waals surface area contributed by atoms with E-state index < -0.39 is 6.10 Å². The summed E-state index contributed by atoms with van der Waals surface area (Å²) in [7, 11) is 0. The van der Waals surface area contributed by atoms with Gasteiger partial charge in [-0.05, 0) is 90.0 Å². The fourth-order valence-electron chi connectivity index (χ4n) is 4.22. The van der Waals surface area contributed by atoms with E-state index in [2.05, 4.69) is 10.3 Å². The van der Waals surface area contributed by atoms with Gasteiger partial charge in [0.25, 0.3) is 5.91 Å². The molecular weight excluding hydrogens is 470 g/mol. The first-order valence-corrected chi connectivity index (χ1v) is 12.6. The van der Waals surface area contributed by atoms with Gasteiger partial charge in [-0.3, -0.25) is 14.6 Å². The molecule has 3 heterocycles. The van der Waals surface area contributed by atoms with Crippen LogP contribution in [0.3, 0.4) is 0 Å². The average molecular weight is 498 g/mol. The maximum absolute atomic E-state index is 13.1. The molecule has 6 nitrogen and oxygen atoms in total. The van der Waals surface area contributed by atoms with Gasteiger partial charge in [0.2, 0.25) is 5.91 Å². The molecule has 2 amide bonds. The number of fused-ring (bicyclic) bond motifs is 1. The maximum atomic E-state index is 13.1. The minimum absolute atomic E-state index is 0.00789. The van der Waals surface area contributed by atoms with E-state index in [-0.39, 0.29) is 11.8 Å². The van der Waals surface area contributed by atoms with Crippen molar-refractivity contribution in [3.63, 3.8) is 0 Å². The summed E-state index contributed by atoms with van der Waals surface area (Å²) in [6, 6.07) is 7.33. The minimum atomic E-state index is -0.615. The van der Waals surface area contributed by atoms with Gasteiger partial charge in [0.1, 0.15) is 5.75 Å². The number of amides is 2. The molecule has 1 atom stereocenters. The number of hydrogen-bond donors (Lipinski definition) is 1. The third-order valence-corrected chi connectivity index (χ3v) is 7.07. The third kappa shape index (κ3) is 5.59. The average Bonchev–Trinajstić information content (AvgIpc) is 3.32. The Hall–Kier alpha value is -2.90. The number of benzene rings is 1. The molecule has 1 N–H and O–H groups in total. The normalized spacial score (nSPS) is 13.8. The summed E-state index contributed by atoms with van der Waals surface area (Å²) in [4.78, 5) is 31.8. The number of thiophene rings is 1. The molecule has 1 aliphatic rings. The summed E-state index contributed by atoms with van der Waals surface area (Å²) in [5.41, 5.74) is 6.05. The van der Waals surface area contributed by atoms with Gasteiger partial charge in [-0.1, -0.05) is 11.6 Å². The fourth-order valence-corrected chi connectivity index (χ4v) is 5.11. The summed E-state index contributed by atoms with van der Waals surface area (Å²) < 4.78 is 5.94. The van der Waals surface area contributed by atoms with Crippen LogP contribution in [0, 0.1) is 13.8 Å². The van der Waals surface area contributed by atoms with Crippen LogP contribution in [-0.2, 0) is 35.5 Å². The largest absolute Gasteiger partial charge is 0.481 e. The second-order valence-corrected chi connectivity index (χ2v) is 9.81. The van der Waals surface area contributed by atoms with E-state index in [0.29, 0.717) is 43.2 Å². The molecule has 1 aromatic carbocycles. The van der Waals surface area contributed by atoms with Crippen molar-refractivity contribution >= 4 is 34.8 Å². The number of pyridine rings is 1. The van der Waals surface area contributed by atoms with Crippen molar-refractivity contribution in [2.75, 3.05) is 6.54 Å². The van der Waals surface area contributed by atoms with Crippen molar-refractivity contribution in [2.24, 2.45) is 0 Å². The lowest BCUT2D eigenvalue weighted by Gasteiger charge is -2.32. The van der Waals surface area contributed by atoms with Gasteiger partial charge in [0, 0.05) is 36.5 Å². The van der Waals surface area contributed by atoms with Gasteiger partial charge >= 0.3 is 0 Å². The van der Waals surface area contributed by atoms with Gasteiger partial charge < -0.3 is 15.0 Å². The van der Waals surface area contributed by atoms with Crippen LogP contribution in [0.15, 0.2) is 41.2 Å². The van der Waals surface area contributed by atoms with E-state index in [1.165, 1.54) is 5.56 Å². The zero-order chi connectivity index (χ0) is 24.2. The summed E-state index contributed by atoms with van der Waals surface area (Å²) in [5.74, 6) is 0.582. The molecule has 3 aromatic rings. The molecule has 0 bridgehead atoms. The van der Waals surface area contributed by atoms with Crippen molar-refractivity contribution in [2.45, 2.75) is 52.8 Å². The number of ether oxygens (including phenoxy) is 1. The molecule has 1 aliphatic heterocycles. The quantitative estimate of drug-likeness (QED) is 0.517. The van der Waals surface area contributed by atoms with Crippen LogP contribution in [0.4, 0.5) is 0 Å². The molecule has 0 saturated carbocycles. The highest BCUT2D eigenvalue weighted by Crippen LogP contribution is 2.26. The molecule has 2 aromatic heterocycles. The van der Waals surface area contributed by atoms with E-state index >= 15 is 0 Å². The molecular formula is C26H28ClN3O3S. The van der Waals surface area contributed by atoms with E-state index in [0.717, 1.165) is 27.9 Å². The fraction of sp³-hybridized carbons (Fsp3) is 0.346. The number of halogens is 1. The van der Waals surface area contributed by atoms with E-state index in [4.69, 9.17) is 16.3 Å². The van der Waals surface area contributed by atoms with Crippen LogP contribution in [0.2, 0.25) is 5.02 Å². The highest BCUT2D eigenvalue weighted by atomic mass is 35.5. The molecule has 0 radical (unpaired) electrons. The van der Waals surface area contributed by atoms with Crippen molar-refractivity contribution in [1.29, 1.82) is 0 Å². The van der Waals surface area contributed by atoms with Crippen LogP contribution in [-0.4, -0.2) is 34.3 Å². The van der Waals surface area contributed by atoms with Crippen LogP contribution in [0.1, 0.15) is 40.4 Å². The lowest BCUT2D eigenvalue weighted by Crippen LogP contribution is -2.43. The van der Waals surface area contributed by atoms with Crippen molar-refractivity contribution in [3.8, 4) is 5.75 Å². The van der Waals surface area contributed by atoms with E-state index in [1.54, 1.807) is 30.4 Å². The molecule has 34 heavy (non-hydrogen) atoms. The van der Waals surface area contributed by atoms with Crippen LogP contribution in [0.5, 0.6) is 5.75 Å². The van der Waals surface area contributed by atoms with Gasteiger partial charge in [0.05, 0.1) is 6.42 Å². The predicted molar refractivity (Wildman–Crippen MR) is 134 cm³/mol. The topological polar surface area (TPSA) is 71.5 Å². The lowest BCUT2D eigenvalue weighted by atomic mass is 9.94. The van der Waals surface area contributed by atoms with Gasteiger partial charge in [-0.25, -0.2) is 0 Å². The standard InChI is InChI=1S/C26H28ClN3O3S/c1-16-10-21(27)4-5-24(16)33-18(3)26(32)30-8-6-22-20(14-30)12-28-17(2)23(22)13-29-25(31)11-19-7-9-34-15-19/h4-5,7,9-10,12,15,18H,6,8,11,13-14H2,1-3H3,(H,29,31)/t18-/m1/s1. The molecule has 8 heteroatoms. The Morgan fingerprint density at radius 1 is 1.29 bits per heavy atom. The molecule has 0 saturated heterocycles. The SMILES string of the molecule is Cc1cc(Cl)ccc1O[C@H](C)C(=O)N1CCc2c(cnc(C)c2CNC(=O)Cc2ccsc2)C1. The summed E-state index contributed by atoms with van der Waals surface area (Å²) in [6.45, 7) is 7.15. The monoisotopic (exact) mass is 497 g/mol. The number of carbonyl (C=O) groups is 2. The van der Waals surface area contributed by atoms with E-state index in [9.17, 15) is 9.59 Å². The Morgan fingerprint density at radius 3 is 2.85 bits per heavy atom. The number of carbonyl (C=O) groups excluding carboxylic acids is 2. The van der Waals surface area contributed by atoms with E-state index in [1.807, 2.05) is 47.8 Å². The van der Waals surface area contributed by atoms with Gasteiger partial charge in [0.15, 0.2) is 6.10 Å². The number of aromatic nitrogens is 1. The van der Waals surface area contributed by atoms with Crippen molar-refractivity contribution in [3.05, 3.63) is 79.8 Å². The Balaban J connectivity index is 1.41. The summed E-state index contributed by atoms with van der Waals surface area (Å²) in [5, 5.41) is 7.63. The number of nitrogens with one attached hydrogen (secondary N) is 1. The molecule has 0 aliphatic carbocycles. The first kappa shape index (κ1) is 24.2. The number of nitrogens with zero attached hydrogens (tertiary/aromatic N) is 2. The molecule has 4 rings (SSSR count). The number of rotatable bonds is 7. The predicted octanol–water partition coefficient (Wildman–Crippen LogP) is 4.62. The third-order valence-electron chi connectivity index (χ3n) is 6.10. The number of aryl methyl sites for hydroxylation is 2. The van der Waals surface area contributed by atoms with Crippen LogP contribution < -0.4 is 10.1 Å². The molecule has 0 fully saturated rings. The van der Waals surface area contributed by atoms with Crippen molar-refractivity contribution in [1.82, 2.24) is 15.2 Å². The maximum Gasteiger partial charge on any atom is 0.263 e. The Morgan fingerprint density at radius 2 is 2.12 bits per heavy atom. The van der Waals surface area contributed by atoms with Gasteiger partial charge in [-0.2, -0.15) is 11.3 Å². The Bertz CT molecular complexity index is 1200. The Labute approximate surface area is 208 Å². The van der Waals surface area contributed by atoms with Gasteiger partial charge in [-0.15, -0.1) is 0 Å². The number of hydrogen-bond acceptors (Lipinski definition) is 5. The molecule has 0 unspecified atom stereocenters. The molecule has 0 spiro atoms. The summed E-state index contributed by atoms with van der Waals surface area (Å²) in [6.07, 6.45) is 2.32.